The van der Waals surface area contributed by atoms with E-state index in [0.717, 1.165) is 23.3 Å². The van der Waals surface area contributed by atoms with Crippen LogP contribution in [0.2, 0.25) is 0 Å². The molecule has 2 aromatic rings. The number of carbonyl (C=O) groups excluding carboxylic acids is 3. The summed E-state index contributed by atoms with van der Waals surface area (Å²) in [4.78, 5) is 39.3. The van der Waals surface area contributed by atoms with E-state index in [1.165, 1.54) is 22.5 Å². The molecule has 1 fully saturated rings. The van der Waals surface area contributed by atoms with Gasteiger partial charge in [0.05, 0.1) is 0 Å². The number of hydrogen-bond donors (Lipinski definition) is 1. The van der Waals surface area contributed by atoms with E-state index >= 15 is 0 Å². The second-order valence-corrected chi connectivity index (χ2v) is 8.31. The number of rotatable bonds is 4. The number of fused-ring (bicyclic) bond motifs is 3. The topological polar surface area (TPSA) is 89.7 Å². The Morgan fingerprint density at radius 1 is 1.11 bits per heavy atom. The highest BCUT2D eigenvalue weighted by atomic mass is 32.1. The minimum atomic E-state index is -0.461. The number of likely N-dealkylation sites (tertiary alicyclic amines) is 1. The molecule has 2 amide bonds. The number of carbonyl (C=O) groups is 3. The van der Waals surface area contributed by atoms with Gasteiger partial charge in [0.1, 0.15) is 4.88 Å². The van der Waals surface area contributed by atoms with E-state index in [4.69, 9.17) is 10.5 Å². The lowest BCUT2D eigenvalue weighted by molar-refractivity contribution is -0.137. The number of nitrogens with zero attached hydrogens (tertiary/aromatic N) is 1. The van der Waals surface area contributed by atoms with Crippen molar-refractivity contribution < 1.29 is 19.1 Å². The average Bonchev–Trinajstić information content (AvgIpc) is 3.17. The first-order valence-electron chi connectivity index (χ1n) is 9.48. The van der Waals surface area contributed by atoms with Gasteiger partial charge in [0.2, 0.25) is 5.91 Å². The van der Waals surface area contributed by atoms with Crippen molar-refractivity contribution in [2.24, 2.45) is 11.7 Å². The van der Waals surface area contributed by atoms with Crippen LogP contribution in [0.25, 0.3) is 10.4 Å². The number of hydrogen-bond acceptors (Lipinski definition) is 5. The van der Waals surface area contributed by atoms with Gasteiger partial charge in [-0.1, -0.05) is 24.3 Å². The van der Waals surface area contributed by atoms with Crippen molar-refractivity contribution in [1.29, 1.82) is 0 Å². The number of benzene rings is 1. The fraction of sp³-hybridized carbons (Fsp3) is 0.381. The van der Waals surface area contributed by atoms with Crippen LogP contribution < -0.4 is 5.73 Å². The molecule has 7 heteroatoms. The van der Waals surface area contributed by atoms with Gasteiger partial charge in [-0.05, 0) is 48.4 Å². The normalized spacial score (nSPS) is 16.2. The molecule has 0 unspecified atom stereocenters. The van der Waals surface area contributed by atoms with Crippen molar-refractivity contribution in [3.8, 4) is 10.4 Å². The third kappa shape index (κ3) is 3.67. The smallest absolute Gasteiger partial charge is 0.348 e. The third-order valence-electron chi connectivity index (χ3n) is 5.51. The van der Waals surface area contributed by atoms with Crippen LogP contribution in [-0.4, -0.2) is 42.4 Å². The number of piperidine rings is 1. The molecule has 2 aliphatic rings. The van der Waals surface area contributed by atoms with Gasteiger partial charge in [-0.25, -0.2) is 4.79 Å². The predicted molar refractivity (Wildman–Crippen MR) is 106 cm³/mol. The maximum atomic E-state index is 12.5. The number of primary amides is 1. The van der Waals surface area contributed by atoms with Crippen LogP contribution in [0.15, 0.2) is 30.3 Å². The Hall–Kier alpha value is -2.67. The largest absolute Gasteiger partial charge is 0.451 e. The SMILES string of the molecule is NC(=O)C1CCN(C(=O)COC(=O)c2cc3c(s2)-c2ccccc2CC3)CC1. The lowest BCUT2D eigenvalue weighted by atomic mass is 9.91. The third-order valence-corrected chi connectivity index (χ3v) is 6.70. The summed E-state index contributed by atoms with van der Waals surface area (Å²) in [6, 6.07) is 10.1. The van der Waals surface area contributed by atoms with Crippen LogP contribution >= 0.6 is 11.3 Å². The number of ether oxygens (including phenoxy) is 1. The predicted octanol–water partition coefficient (Wildman–Crippen LogP) is 2.39. The van der Waals surface area contributed by atoms with E-state index < -0.39 is 5.97 Å². The molecule has 1 aliphatic carbocycles. The molecule has 146 valence electrons. The summed E-state index contributed by atoms with van der Waals surface area (Å²) >= 11 is 1.43. The molecule has 1 aromatic carbocycles. The van der Waals surface area contributed by atoms with Crippen LogP contribution in [0.1, 0.15) is 33.6 Å². The molecule has 1 saturated heterocycles. The second-order valence-electron chi connectivity index (χ2n) is 7.26. The first-order chi connectivity index (χ1) is 13.5. The monoisotopic (exact) mass is 398 g/mol. The minimum absolute atomic E-state index is 0.174. The number of amides is 2. The van der Waals surface area contributed by atoms with E-state index in [-0.39, 0.29) is 24.3 Å². The van der Waals surface area contributed by atoms with Crippen LogP contribution in [0.3, 0.4) is 0 Å². The summed E-state index contributed by atoms with van der Waals surface area (Å²) in [6.07, 6.45) is 3.00. The standard InChI is InChI=1S/C21H22N2O4S/c22-20(25)14-7-9-23(10-8-14)18(24)12-27-21(26)17-11-15-6-5-13-3-1-2-4-16(13)19(15)28-17/h1-4,11,14H,5-10,12H2,(H2,22,25). The van der Waals surface area contributed by atoms with E-state index in [1.54, 1.807) is 4.90 Å². The Balaban J connectivity index is 1.36. The molecule has 28 heavy (non-hydrogen) atoms. The Bertz CT molecular complexity index is 928. The fourth-order valence-electron chi connectivity index (χ4n) is 3.88. The van der Waals surface area contributed by atoms with Gasteiger partial charge < -0.3 is 15.4 Å². The zero-order chi connectivity index (χ0) is 19.7. The molecule has 0 saturated carbocycles. The van der Waals surface area contributed by atoms with E-state index in [2.05, 4.69) is 12.1 Å². The zero-order valence-electron chi connectivity index (χ0n) is 15.5. The zero-order valence-corrected chi connectivity index (χ0v) is 16.3. The van der Waals surface area contributed by atoms with Crippen molar-refractivity contribution >= 4 is 29.1 Å². The molecule has 6 nitrogen and oxygen atoms in total. The summed E-state index contributed by atoms with van der Waals surface area (Å²) in [6.45, 7) is 0.654. The molecule has 1 aliphatic heterocycles. The number of thiophene rings is 1. The molecule has 0 spiro atoms. The van der Waals surface area contributed by atoms with Crippen molar-refractivity contribution in [1.82, 2.24) is 4.90 Å². The first kappa shape index (κ1) is 18.7. The first-order valence-corrected chi connectivity index (χ1v) is 10.3. The lowest BCUT2D eigenvalue weighted by Gasteiger charge is -2.30. The Morgan fingerprint density at radius 2 is 1.82 bits per heavy atom. The van der Waals surface area contributed by atoms with Gasteiger partial charge in [0, 0.05) is 23.9 Å². The van der Waals surface area contributed by atoms with Gasteiger partial charge in [0.15, 0.2) is 6.61 Å². The summed E-state index contributed by atoms with van der Waals surface area (Å²) in [5.74, 6) is -1.19. The number of nitrogens with two attached hydrogens (primary N) is 1. The van der Waals surface area contributed by atoms with Gasteiger partial charge in [-0.15, -0.1) is 11.3 Å². The fourth-order valence-corrected chi connectivity index (χ4v) is 5.04. The summed E-state index contributed by atoms with van der Waals surface area (Å²) in [5.41, 5.74) is 8.95. The van der Waals surface area contributed by atoms with E-state index in [9.17, 15) is 14.4 Å². The van der Waals surface area contributed by atoms with Crippen LogP contribution in [0.5, 0.6) is 0 Å². The van der Waals surface area contributed by atoms with Gasteiger partial charge in [-0.2, -0.15) is 0 Å². The molecule has 2 N–H and O–H groups in total. The summed E-state index contributed by atoms with van der Waals surface area (Å²) in [7, 11) is 0. The van der Waals surface area contributed by atoms with E-state index in [1.807, 2.05) is 18.2 Å². The van der Waals surface area contributed by atoms with Crippen molar-refractivity contribution in [3.63, 3.8) is 0 Å². The Labute approximate surface area is 167 Å². The van der Waals surface area contributed by atoms with Gasteiger partial charge >= 0.3 is 5.97 Å². The molecule has 0 bridgehead atoms. The molecule has 0 radical (unpaired) electrons. The summed E-state index contributed by atoms with van der Waals surface area (Å²) in [5, 5.41) is 0. The molecular weight excluding hydrogens is 376 g/mol. The van der Waals surface area contributed by atoms with Crippen LogP contribution in [0, 0.1) is 5.92 Å². The van der Waals surface area contributed by atoms with Crippen molar-refractivity contribution in [2.45, 2.75) is 25.7 Å². The number of aryl methyl sites for hydroxylation is 2. The molecule has 4 rings (SSSR count). The maximum Gasteiger partial charge on any atom is 0.348 e. The molecule has 2 heterocycles. The van der Waals surface area contributed by atoms with Crippen LogP contribution in [0.4, 0.5) is 0 Å². The molecule has 1 aromatic heterocycles. The van der Waals surface area contributed by atoms with E-state index in [0.29, 0.717) is 30.8 Å². The highest BCUT2D eigenvalue weighted by Gasteiger charge is 2.27. The highest BCUT2D eigenvalue weighted by molar-refractivity contribution is 7.17. The quantitative estimate of drug-likeness (QED) is 0.801. The van der Waals surface area contributed by atoms with Gasteiger partial charge in [-0.3, -0.25) is 9.59 Å². The average molecular weight is 398 g/mol. The van der Waals surface area contributed by atoms with Gasteiger partial charge in [0.25, 0.3) is 5.91 Å². The minimum Gasteiger partial charge on any atom is -0.451 e. The molecular formula is C21H22N2O4S. The lowest BCUT2D eigenvalue weighted by Crippen LogP contribution is -2.43. The molecule has 0 atom stereocenters. The highest BCUT2D eigenvalue weighted by Crippen LogP contribution is 2.39. The Kier molecular flexibility index (Phi) is 5.17. The number of esters is 1. The summed E-state index contributed by atoms with van der Waals surface area (Å²) < 4.78 is 5.27. The van der Waals surface area contributed by atoms with Crippen LogP contribution in [-0.2, 0) is 27.2 Å². The maximum absolute atomic E-state index is 12.5. The Morgan fingerprint density at radius 3 is 2.57 bits per heavy atom. The van der Waals surface area contributed by atoms with Crippen molar-refractivity contribution in [3.05, 3.63) is 46.3 Å². The second kappa shape index (κ2) is 7.75. The van der Waals surface area contributed by atoms with Crippen molar-refractivity contribution in [2.75, 3.05) is 19.7 Å².